The highest BCUT2D eigenvalue weighted by Crippen LogP contribution is 2.52. The summed E-state index contributed by atoms with van der Waals surface area (Å²) in [5, 5.41) is 0.108. The predicted octanol–water partition coefficient (Wildman–Crippen LogP) is 9.89. The fraction of sp³-hybridized carbons (Fsp3) is 0.769. The first-order valence-corrected chi connectivity index (χ1v) is 25.2. The van der Waals surface area contributed by atoms with Crippen LogP contribution in [0, 0.1) is 17.3 Å². The van der Waals surface area contributed by atoms with Crippen molar-refractivity contribution in [3.05, 3.63) is 34.0 Å². The lowest BCUT2D eigenvalue weighted by atomic mass is 9.63. The van der Waals surface area contributed by atoms with Crippen LogP contribution in [0.1, 0.15) is 114 Å². The van der Waals surface area contributed by atoms with Crippen LogP contribution in [0.15, 0.2) is 24.3 Å². The van der Waals surface area contributed by atoms with Gasteiger partial charge in [0.05, 0.1) is 26.4 Å². The zero-order valence-corrected chi connectivity index (χ0v) is 36.1. The Morgan fingerprint density at radius 2 is 1.58 bits per heavy atom. The van der Waals surface area contributed by atoms with Crippen LogP contribution in [-0.4, -0.2) is 67.1 Å². The summed E-state index contributed by atoms with van der Waals surface area (Å²) in [5.74, 6) is -2.35. The third-order valence-corrected chi connectivity index (χ3v) is 22.5. The molecule has 0 bridgehead atoms. The maximum absolute atomic E-state index is 12.8. The molecule has 11 heteroatoms. The van der Waals surface area contributed by atoms with Gasteiger partial charge in [-0.2, -0.15) is 0 Å². The van der Waals surface area contributed by atoms with E-state index in [1.165, 1.54) is 44.8 Å². The number of ether oxygens (including phenoxy) is 3. The molecule has 0 spiro atoms. The van der Waals surface area contributed by atoms with Gasteiger partial charge in [0.1, 0.15) is 11.0 Å². The van der Waals surface area contributed by atoms with Crippen molar-refractivity contribution in [2.45, 2.75) is 161 Å². The number of carbonyl (C=O) groups excluding carboxylic acids is 3. The molecular weight excluding hydrogens is 685 g/mol. The highest BCUT2D eigenvalue weighted by Gasteiger charge is 2.50. The molecule has 284 valence electrons. The molecule has 2 aliphatic carbocycles. The average molecular weight is 751 g/mol. The van der Waals surface area contributed by atoms with E-state index in [9.17, 15) is 14.4 Å². The Hall–Kier alpha value is -1.80. The Labute approximate surface area is 308 Å². The Bertz CT molecular complexity index is 1330. The van der Waals surface area contributed by atoms with Crippen molar-refractivity contribution in [3.8, 4) is 0 Å². The Morgan fingerprint density at radius 1 is 0.940 bits per heavy atom. The molecule has 8 nitrogen and oxygen atoms in total. The monoisotopic (exact) mass is 750 g/mol. The van der Waals surface area contributed by atoms with Crippen LogP contribution >= 0.6 is 11.3 Å². The molecule has 50 heavy (non-hydrogen) atoms. The van der Waals surface area contributed by atoms with Crippen molar-refractivity contribution < 1.29 is 37.4 Å². The lowest BCUT2D eigenvalue weighted by Gasteiger charge is -2.51. The van der Waals surface area contributed by atoms with E-state index in [0.29, 0.717) is 11.3 Å². The number of hydrogen-bond donors (Lipinski definition) is 0. The minimum atomic E-state index is -2.21. The normalized spacial score (nSPS) is 23.4. The van der Waals surface area contributed by atoms with E-state index < -0.39 is 34.7 Å². The summed E-state index contributed by atoms with van der Waals surface area (Å²) in [7, 11) is -1.64. The molecule has 2 saturated carbocycles. The third-order valence-electron chi connectivity index (χ3n) is 12.4. The van der Waals surface area contributed by atoms with E-state index in [0.717, 1.165) is 37.0 Å². The quantitative estimate of drug-likeness (QED) is 0.0575. The molecule has 0 aliphatic heterocycles. The first-order chi connectivity index (χ1) is 23.1. The summed E-state index contributed by atoms with van der Waals surface area (Å²) in [4.78, 5) is 38.8. The van der Waals surface area contributed by atoms with E-state index in [2.05, 4.69) is 86.8 Å². The summed E-state index contributed by atoms with van der Waals surface area (Å²) in [6.07, 6.45) is 12.6. The second-order valence-corrected chi connectivity index (χ2v) is 28.3. The Kier molecular flexibility index (Phi) is 14.4. The van der Waals surface area contributed by atoms with Gasteiger partial charge in [0.15, 0.2) is 16.6 Å². The number of esters is 3. The lowest BCUT2D eigenvalue weighted by molar-refractivity contribution is -0.170. The van der Waals surface area contributed by atoms with Crippen LogP contribution in [0.3, 0.4) is 0 Å². The fourth-order valence-electron chi connectivity index (χ4n) is 6.90. The first kappa shape index (κ1) is 42.6. The fourth-order valence-corrected chi connectivity index (χ4v) is 10.6. The number of carbonyl (C=O) groups is 3. The van der Waals surface area contributed by atoms with Crippen LogP contribution in [0.4, 0.5) is 0 Å². The maximum Gasteiger partial charge on any atom is 0.417 e. The number of rotatable bonds is 15. The smallest absolute Gasteiger partial charge is 0.417 e. The maximum atomic E-state index is 12.8. The largest absolute Gasteiger partial charge is 0.465 e. The second kappa shape index (κ2) is 16.9. The van der Waals surface area contributed by atoms with Crippen LogP contribution < -0.4 is 0 Å². The van der Waals surface area contributed by atoms with Crippen molar-refractivity contribution in [3.63, 3.8) is 0 Å². The van der Waals surface area contributed by atoms with Crippen molar-refractivity contribution in [2.75, 3.05) is 14.2 Å². The van der Waals surface area contributed by atoms with Crippen LogP contribution in [0.25, 0.3) is 0 Å². The van der Waals surface area contributed by atoms with Crippen LogP contribution in [0.2, 0.25) is 36.3 Å². The summed E-state index contributed by atoms with van der Waals surface area (Å²) in [6.45, 7) is 25.2. The van der Waals surface area contributed by atoms with Gasteiger partial charge in [-0.1, -0.05) is 67.0 Å². The van der Waals surface area contributed by atoms with Crippen molar-refractivity contribution in [2.24, 2.45) is 17.3 Å². The molecule has 0 amide bonds. The molecule has 5 atom stereocenters. The molecule has 2 aliphatic rings. The van der Waals surface area contributed by atoms with Crippen molar-refractivity contribution in [1.82, 2.24) is 0 Å². The molecule has 0 radical (unpaired) electrons. The van der Waals surface area contributed by atoms with Gasteiger partial charge in [0, 0.05) is 23.1 Å². The average Bonchev–Trinajstić information content (AvgIpc) is 3.59. The minimum Gasteiger partial charge on any atom is -0.465 e. The van der Waals surface area contributed by atoms with E-state index in [1.807, 2.05) is 12.1 Å². The van der Waals surface area contributed by atoms with Gasteiger partial charge < -0.3 is 23.1 Å². The van der Waals surface area contributed by atoms with E-state index in [4.69, 9.17) is 23.1 Å². The number of hydrogen-bond acceptors (Lipinski definition) is 9. The molecule has 2 fully saturated rings. The topological polar surface area (TPSA) is 97.4 Å². The molecule has 0 saturated heterocycles. The van der Waals surface area contributed by atoms with Gasteiger partial charge in [0.25, 0.3) is 0 Å². The van der Waals surface area contributed by atoms with Crippen LogP contribution in [-0.2, 0) is 39.1 Å². The number of thiophene rings is 1. The number of methoxy groups -OCH3 is 2. The van der Waals surface area contributed by atoms with Gasteiger partial charge in [-0.25, -0.2) is 14.4 Å². The van der Waals surface area contributed by atoms with Crippen molar-refractivity contribution in [1.29, 1.82) is 0 Å². The Morgan fingerprint density at radius 3 is 2.10 bits per heavy atom. The lowest BCUT2D eigenvalue weighted by Crippen LogP contribution is -2.51. The molecular formula is C39H66O8SSi2. The molecule has 1 unspecified atom stereocenters. The van der Waals surface area contributed by atoms with Gasteiger partial charge in [0.2, 0.25) is 0 Å². The zero-order valence-electron chi connectivity index (χ0n) is 33.2. The summed E-state index contributed by atoms with van der Waals surface area (Å²) < 4.78 is 29.9. The standard InChI is InChI=1S/C39H66O8SSi2/c1-14-39(24-17-25-39)33(47-50(12,13)38(5,6)7)21-16-20-29-28(19-15-18-27-22-23-32(48-27)34(40)43-8)30(45-36(42)35(41)44-9)26-31(29)46-49(10,11)37(2,3)4/h16,20,22-23,28-31,33H,14-15,17-19,21,24-26H2,1-13H3/b20-16+/t28-,29-,30+,31-,33?/m1/s1. The summed E-state index contributed by atoms with van der Waals surface area (Å²) in [6, 6.07) is 3.79. The molecule has 1 aromatic rings. The molecule has 3 rings (SSSR count). The third kappa shape index (κ3) is 10.2. The van der Waals surface area contributed by atoms with Gasteiger partial charge in [-0.3, -0.25) is 0 Å². The first-order valence-electron chi connectivity index (χ1n) is 18.6. The van der Waals surface area contributed by atoms with Gasteiger partial charge in [-0.05, 0) is 98.8 Å². The molecule has 1 heterocycles. The second-order valence-electron chi connectivity index (χ2n) is 17.6. The van der Waals surface area contributed by atoms with Crippen molar-refractivity contribution >= 4 is 45.9 Å². The SMILES string of the molecule is CCC1(C(C/C=C/[C@@H]2[C@@H](CCCc3ccc(C(=O)OC)s3)[C@@H](OC(=O)C(=O)OC)C[C@H]2O[Si](C)(C)C(C)(C)C)O[Si](C)(C)C(C)(C)C)CCC1. The van der Waals surface area contributed by atoms with Gasteiger partial charge in [-0.15, -0.1) is 11.3 Å². The molecule has 0 aromatic carbocycles. The Balaban J connectivity index is 1.96. The highest BCUT2D eigenvalue weighted by atomic mass is 32.1. The van der Waals surface area contributed by atoms with E-state index in [1.54, 1.807) is 0 Å². The number of aryl methyl sites for hydroxylation is 1. The van der Waals surface area contributed by atoms with Crippen LogP contribution in [0.5, 0.6) is 0 Å². The van der Waals surface area contributed by atoms with Gasteiger partial charge >= 0.3 is 17.9 Å². The zero-order chi connectivity index (χ0) is 37.7. The summed E-state index contributed by atoms with van der Waals surface area (Å²) in [5.41, 5.74) is 0.203. The minimum absolute atomic E-state index is 0.00606. The predicted molar refractivity (Wildman–Crippen MR) is 207 cm³/mol. The van der Waals surface area contributed by atoms with E-state index in [-0.39, 0.29) is 45.5 Å². The summed E-state index contributed by atoms with van der Waals surface area (Å²) >= 11 is 1.45. The molecule has 0 N–H and O–H groups in total. The highest BCUT2D eigenvalue weighted by molar-refractivity contribution is 7.13. The molecule has 1 aromatic heterocycles. The van der Waals surface area contributed by atoms with E-state index >= 15 is 0 Å².